The number of ether oxygens (including phenoxy) is 1. The summed E-state index contributed by atoms with van der Waals surface area (Å²) >= 11 is 5.64. The normalized spacial score (nSPS) is 22.9. The number of nitrogens with zero attached hydrogens (tertiary/aromatic N) is 2. The molecule has 3 rings (SSSR count). The molecule has 1 aliphatic heterocycles. The van der Waals surface area contributed by atoms with Crippen molar-refractivity contribution in [2.45, 2.75) is 25.0 Å². The van der Waals surface area contributed by atoms with E-state index in [-0.39, 0.29) is 23.1 Å². The Morgan fingerprint density at radius 3 is 2.85 bits per heavy atom. The molecule has 1 aromatic carbocycles. The second kappa shape index (κ2) is 5.47. The molecule has 1 aliphatic rings. The first-order chi connectivity index (χ1) is 9.63. The smallest absolute Gasteiger partial charge is 0.247 e. The van der Waals surface area contributed by atoms with E-state index in [2.05, 4.69) is 10.2 Å². The zero-order valence-electron chi connectivity index (χ0n) is 10.6. The molecule has 7 heteroatoms. The molecule has 20 heavy (non-hydrogen) atoms. The third-order valence-corrected chi connectivity index (χ3v) is 3.50. The average molecular weight is 298 g/mol. The highest BCUT2D eigenvalue weighted by Gasteiger charge is 2.25. The molecule has 1 unspecified atom stereocenters. The lowest BCUT2D eigenvalue weighted by molar-refractivity contribution is -0.0111. The largest absolute Gasteiger partial charge is 0.418 e. The third kappa shape index (κ3) is 2.67. The Kier molecular flexibility index (Phi) is 3.69. The zero-order chi connectivity index (χ0) is 14.1. The van der Waals surface area contributed by atoms with Gasteiger partial charge >= 0.3 is 0 Å². The summed E-state index contributed by atoms with van der Waals surface area (Å²) in [4.78, 5) is 0. The number of halogens is 2. The quantitative estimate of drug-likeness (QED) is 0.922. The molecule has 0 spiro atoms. The van der Waals surface area contributed by atoms with Gasteiger partial charge in [-0.3, -0.25) is 0 Å². The minimum absolute atomic E-state index is 0.0538. The first-order valence-corrected chi connectivity index (χ1v) is 6.67. The van der Waals surface area contributed by atoms with E-state index in [4.69, 9.17) is 26.5 Å². The number of hydrogen-bond donors (Lipinski definition) is 1. The van der Waals surface area contributed by atoms with Gasteiger partial charge in [-0.1, -0.05) is 11.6 Å². The standard InChI is InChI=1S/C13H13ClFN3O2/c14-9-3-1-7(5-10(9)15)12-17-18-13(20-12)11-4-2-8(16)6-19-11/h1,3,5,8,11H,2,4,6,16H2/t8-,11?/m0/s1. The van der Waals surface area contributed by atoms with Crippen LogP contribution >= 0.6 is 11.6 Å². The Balaban J connectivity index is 1.81. The van der Waals surface area contributed by atoms with Gasteiger partial charge in [-0.15, -0.1) is 10.2 Å². The van der Waals surface area contributed by atoms with Gasteiger partial charge < -0.3 is 14.9 Å². The van der Waals surface area contributed by atoms with Crippen molar-refractivity contribution < 1.29 is 13.5 Å². The van der Waals surface area contributed by atoms with Gasteiger partial charge in [-0.2, -0.15) is 0 Å². The molecule has 0 radical (unpaired) electrons. The van der Waals surface area contributed by atoms with Gasteiger partial charge in [-0.05, 0) is 31.0 Å². The van der Waals surface area contributed by atoms with E-state index in [9.17, 15) is 4.39 Å². The molecular weight excluding hydrogens is 285 g/mol. The number of nitrogens with two attached hydrogens (primary N) is 1. The number of aromatic nitrogens is 2. The van der Waals surface area contributed by atoms with Crippen LogP contribution in [0.1, 0.15) is 24.8 Å². The van der Waals surface area contributed by atoms with Crippen molar-refractivity contribution in [3.05, 3.63) is 34.9 Å². The van der Waals surface area contributed by atoms with Crippen LogP contribution in [0.5, 0.6) is 0 Å². The Morgan fingerprint density at radius 2 is 2.15 bits per heavy atom. The Labute approximate surface area is 119 Å². The monoisotopic (exact) mass is 297 g/mol. The highest BCUT2D eigenvalue weighted by Crippen LogP contribution is 2.29. The Bertz CT molecular complexity index is 611. The van der Waals surface area contributed by atoms with Crippen LogP contribution < -0.4 is 5.73 Å². The van der Waals surface area contributed by atoms with E-state index in [1.165, 1.54) is 12.1 Å². The highest BCUT2D eigenvalue weighted by atomic mass is 35.5. The van der Waals surface area contributed by atoms with Crippen molar-refractivity contribution in [2.75, 3.05) is 6.61 Å². The molecule has 1 aromatic heterocycles. The molecule has 0 saturated carbocycles. The molecule has 106 valence electrons. The van der Waals surface area contributed by atoms with Crippen molar-refractivity contribution in [3.63, 3.8) is 0 Å². The maximum atomic E-state index is 13.4. The van der Waals surface area contributed by atoms with Crippen molar-refractivity contribution >= 4 is 11.6 Å². The second-order valence-corrected chi connectivity index (χ2v) is 5.14. The van der Waals surface area contributed by atoms with Crippen LogP contribution in [0, 0.1) is 5.82 Å². The van der Waals surface area contributed by atoms with E-state index in [0.29, 0.717) is 18.1 Å². The molecule has 0 amide bonds. The maximum absolute atomic E-state index is 13.4. The predicted molar refractivity (Wildman–Crippen MR) is 70.6 cm³/mol. The van der Waals surface area contributed by atoms with Gasteiger partial charge in [0.1, 0.15) is 11.9 Å². The van der Waals surface area contributed by atoms with Gasteiger partial charge in [-0.25, -0.2) is 4.39 Å². The lowest BCUT2D eigenvalue weighted by atomic mass is 10.1. The first kappa shape index (κ1) is 13.5. The van der Waals surface area contributed by atoms with Crippen molar-refractivity contribution in [1.82, 2.24) is 10.2 Å². The summed E-state index contributed by atoms with van der Waals surface area (Å²) in [6.07, 6.45) is 1.34. The third-order valence-electron chi connectivity index (χ3n) is 3.19. The van der Waals surface area contributed by atoms with Crippen LogP contribution in [0.3, 0.4) is 0 Å². The predicted octanol–water partition coefficient (Wildman–Crippen LogP) is 2.71. The average Bonchev–Trinajstić information content (AvgIpc) is 2.92. The molecular formula is C13H13ClFN3O2. The summed E-state index contributed by atoms with van der Waals surface area (Å²) in [5, 5.41) is 7.92. The van der Waals surface area contributed by atoms with Gasteiger partial charge in [0.2, 0.25) is 11.8 Å². The van der Waals surface area contributed by atoms with Crippen LogP contribution in [-0.4, -0.2) is 22.8 Å². The maximum Gasteiger partial charge on any atom is 0.247 e. The molecule has 2 aromatic rings. The van der Waals surface area contributed by atoms with E-state index in [1.54, 1.807) is 6.07 Å². The molecule has 0 aliphatic carbocycles. The van der Waals surface area contributed by atoms with Crippen molar-refractivity contribution in [2.24, 2.45) is 5.73 Å². The SMILES string of the molecule is N[C@H]1CCC(c2nnc(-c3ccc(Cl)c(F)c3)o2)OC1. The van der Waals surface area contributed by atoms with Crippen LogP contribution in [0.2, 0.25) is 5.02 Å². The van der Waals surface area contributed by atoms with Crippen LogP contribution in [0.4, 0.5) is 4.39 Å². The van der Waals surface area contributed by atoms with Crippen molar-refractivity contribution in [3.8, 4) is 11.5 Å². The van der Waals surface area contributed by atoms with E-state index in [0.717, 1.165) is 12.8 Å². The van der Waals surface area contributed by atoms with E-state index >= 15 is 0 Å². The fourth-order valence-corrected chi connectivity index (χ4v) is 2.19. The van der Waals surface area contributed by atoms with Gasteiger partial charge in [0.05, 0.1) is 11.6 Å². The van der Waals surface area contributed by atoms with Crippen molar-refractivity contribution in [1.29, 1.82) is 0 Å². The van der Waals surface area contributed by atoms with Crippen LogP contribution in [0.15, 0.2) is 22.6 Å². The number of benzene rings is 1. The molecule has 1 saturated heterocycles. The molecule has 0 bridgehead atoms. The van der Waals surface area contributed by atoms with Gasteiger partial charge in [0.25, 0.3) is 0 Å². The van der Waals surface area contributed by atoms with Crippen LogP contribution in [0.25, 0.3) is 11.5 Å². The van der Waals surface area contributed by atoms with E-state index in [1.807, 2.05) is 0 Å². The Hall–Kier alpha value is -1.50. The number of rotatable bonds is 2. The fraction of sp³-hybridized carbons (Fsp3) is 0.385. The van der Waals surface area contributed by atoms with Crippen LogP contribution in [-0.2, 0) is 4.74 Å². The zero-order valence-corrected chi connectivity index (χ0v) is 11.3. The fourth-order valence-electron chi connectivity index (χ4n) is 2.08. The summed E-state index contributed by atoms with van der Waals surface area (Å²) in [5.41, 5.74) is 6.24. The second-order valence-electron chi connectivity index (χ2n) is 4.73. The molecule has 2 N–H and O–H groups in total. The molecule has 5 nitrogen and oxygen atoms in total. The summed E-state index contributed by atoms with van der Waals surface area (Å²) in [6, 6.07) is 4.39. The minimum Gasteiger partial charge on any atom is -0.418 e. The number of hydrogen-bond acceptors (Lipinski definition) is 5. The summed E-state index contributed by atoms with van der Waals surface area (Å²) in [7, 11) is 0. The summed E-state index contributed by atoms with van der Waals surface area (Å²) in [6.45, 7) is 0.470. The molecule has 2 heterocycles. The topological polar surface area (TPSA) is 74.2 Å². The first-order valence-electron chi connectivity index (χ1n) is 6.29. The molecule has 1 fully saturated rings. The summed E-state index contributed by atoms with van der Waals surface area (Å²) < 4.78 is 24.5. The highest BCUT2D eigenvalue weighted by molar-refractivity contribution is 6.30. The van der Waals surface area contributed by atoms with Gasteiger partial charge in [0.15, 0.2) is 0 Å². The minimum atomic E-state index is -0.524. The van der Waals surface area contributed by atoms with Gasteiger partial charge in [0, 0.05) is 11.6 Å². The van der Waals surface area contributed by atoms with E-state index < -0.39 is 5.82 Å². The Morgan fingerprint density at radius 1 is 1.30 bits per heavy atom. The lowest BCUT2D eigenvalue weighted by Crippen LogP contribution is -2.32. The summed E-state index contributed by atoms with van der Waals surface area (Å²) in [5.74, 6) is 0.111. The lowest BCUT2D eigenvalue weighted by Gasteiger charge is -2.24. The molecule has 2 atom stereocenters.